The predicted octanol–water partition coefficient (Wildman–Crippen LogP) is -0.916. The molecule has 4 N–H and O–H groups in total. The van der Waals surface area contributed by atoms with Crippen molar-refractivity contribution in [3.63, 3.8) is 0 Å². The number of nitrogens with one attached hydrogen (secondary N) is 1. The van der Waals surface area contributed by atoms with Crippen molar-refractivity contribution < 1.29 is 24.9 Å². The van der Waals surface area contributed by atoms with Crippen molar-refractivity contribution >= 4 is 17.6 Å². The summed E-state index contributed by atoms with van der Waals surface area (Å²) in [5.74, 6) is 0.271. The molecule has 2 amide bonds. The van der Waals surface area contributed by atoms with E-state index in [0.29, 0.717) is 0 Å². The molecule has 1 fully saturated rings. The summed E-state index contributed by atoms with van der Waals surface area (Å²) < 4.78 is 5.27. The van der Waals surface area contributed by atoms with Crippen LogP contribution in [0.2, 0.25) is 0 Å². The molecule has 1 aliphatic rings. The number of amides is 2. The van der Waals surface area contributed by atoms with Crippen molar-refractivity contribution in [2.24, 2.45) is 0 Å². The molecule has 1 saturated heterocycles. The molecule has 4 atom stereocenters. The molecule has 112 valence electrons. The Morgan fingerprint density at radius 3 is 2.58 bits per heavy atom. The van der Waals surface area contributed by atoms with Crippen molar-refractivity contribution in [1.29, 1.82) is 0 Å². The van der Waals surface area contributed by atoms with Gasteiger partial charge in [0.15, 0.2) is 6.23 Å². The number of hydrogen-bond donors (Lipinski definition) is 4. The quantitative estimate of drug-likeness (QED) is 0.503. The van der Waals surface area contributed by atoms with Gasteiger partial charge in [-0.3, -0.25) is 4.90 Å². The van der Waals surface area contributed by atoms with E-state index >= 15 is 0 Å². The molecule has 0 unspecified atom stereocenters. The summed E-state index contributed by atoms with van der Waals surface area (Å²) in [7, 11) is 0. The van der Waals surface area contributed by atoms with E-state index in [1.165, 1.54) is 4.90 Å². The number of alkyl halides is 1. The number of halogens is 1. The number of rotatable bonds is 4. The Bertz CT molecular complexity index is 305. The van der Waals surface area contributed by atoms with Crippen LogP contribution >= 0.6 is 11.6 Å². The Morgan fingerprint density at radius 2 is 2.05 bits per heavy atom. The lowest BCUT2D eigenvalue weighted by molar-refractivity contribution is -0.223. The van der Waals surface area contributed by atoms with Crippen molar-refractivity contribution in [3.05, 3.63) is 0 Å². The van der Waals surface area contributed by atoms with E-state index in [1.54, 1.807) is 13.8 Å². The highest BCUT2D eigenvalue weighted by molar-refractivity contribution is 6.18. The van der Waals surface area contributed by atoms with Gasteiger partial charge < -0.3 is 25.4 Å². The molecule has 8 heteroatoms. The van der Waals surface area contributed by atoms with Crippen LogP contribution in [-0.2, 0) is 4.74 Å². The highest BCUT2D eigenvalue weighted by atomic mass is 35.5. The standard InChI is InChI=1S/C11H21ClN2O5/c1-6(2)14(11(18)13-4-3-12)10-9(17)8(16)7(15)5-19-10/h6-10,15-17H,3-5H2,1-2H3,(H,13,18)/t7-,8-,9+,10-/m1/s1. The first-order chi connectivity index (χ1) is 8.90. The van der Waals surface area contributed by atoms with Gasteiger partial charge in [-0.05, 0) is 13.8 Å². The Balaban J connectivity index is 2.78. The van der Waals surface area contributed by atoms with Crippen LogP contribution in [0.25, 0.3) is 0 Å². The summed E-state index contributed by atoms with van der Waals surface area (Å²) in [4.78, 5) is 13.3. The van der Waals surface area contributed by atoms with Crippen LogP contribution < -0.4 is 5.32 Å². The summed E-state index contributed by atoms with van der Waals surface area (Å²) in [5, 5.41) is 31.5. The number of aliphatic hydroxyl groups is 3. The maximum absolute atomic E-state index is 12.0. The largest absolute Gasteiger partial charge is 0.388 e. The smallest absolute Gasteiger partial charge is 0.319 e. The number of ether oxygens (including phenoxy) is 1. The number of carbonyl (C=O) groups excluding carboxylic acids is 1. The van der Waals surface area contributed by atoms with E-state index in [9.17, 15) is 20.1 Å². The Hall–Kier alpha value is -0.600. The van der Waals surface area contributed by atoms with Gasteiger partial charge in [-0.25, -0.2) is 4.79 Å². The summed E-state index contributed by atoms with van der Waals surface area (Å²) in [5.41, 5.74) is 0. The van der Waals surface area contributed by atoms with Gasteiger partial charge in [0.05, 0.1) is 6.61 Å². The fourth-order valence-corrected chi connectivity index (χ4v) is 2.02. The summed E-state index contributed by atoms with van der Waals surface area (Å²) in [6.07, 6.45) is -4.88. The third-order valence-corrected chi connectivity index (χ3v) is 3.10. The van der Waals surface area contributed by atoms with Crippen molar-refractivity contribution in [3.8, 4) is 0 Å². The molecule has 0 aromatic heterocycles. The van der Waals surface area contributed by atoms with Gasteiger partial charge in [-0.1, -0.05) is 0 Å². The molecular weight excluding hydrogens is 276 g/mol. The van der Waals surface area contributed by atoms with Gasteiger partial charge in [-0.2, -0.15) is 0 Å². The van der Waals surface area contributed by atoms with Crippen LogP contribution in [0.3, 0.4) is 0 Å². The molecule has 1 rings (SSSR count). The lowest BCUT2D eigenvalue weighted by atomic mass is 10.0. The number of urea groups is 1. The van der Waals surface area contributed by atoms with Crippen molar-refractivity contribution in [2.45, 2.75) is 44.4 Å². The number of carbonyl (C=O) groups is 1. The minimum Gasteiger partial charge on any atom is -0.388 e. The molecule has 19 heavy (non-hydrogen) atoms. The highest BCUT2D eigenvalue weighted by Gasteiger charge is 2.42. The fourth-order valence-electron chi connectivity index (χ4n) is 1.92. The third kappa shape index (κ3) is 3.93. The van der Waals surface area contributed by atoms with E-state index in [2.05, 4.69) is 5.32 Å². The van der Waals surface area contributed by atoms with Crippen LogP contribution in [0.1, 0.15) is 13.8 Å². The zero-order valence-corrected chi connectivity index (χ0v) is 11.7. The minimum atomic E-state index is -1.37. The maximum atomic E-state index is 12.0. The molecule has 7 nitrogen and oxygen atoms in total. The SMILES string of the molecule is CC(C)N(C(=O)NCCCl)[C@@H]1OC[C@@H](O)[C@@H](O)[C@@H]1O. The topological polar surface area (TPSA) is 102 Å². The Kier molecular flexibility index (Phi) is 6.28. The predicted molar refractivity (Wildman–Crippen MR) is 68.9 cm³/mol. The monoisotopic (exact) mass is 296 g/mol. The van der Waals surface area contributed by atoms with E-state index in [1.807, 2.05) is 0 Å². The lowest BCUT2D eigenvalue weighted by Crippen LogP contribution is -2.63. The van der Waals surface area contributed by atoms with E-state index < -0.39 is 30.6 Å². The van der Waals surface area contributed by atoms with Gasteiger partial charge in [0.1, 0.15) is 18.3 Å². The van der Waals surface area contributed by atoms with Gasteiger partial charge in [-0.15, -0.1) is 11.6 Å². The molecule has 0 aliphatic carbocycles. The Labute approximate surface area is 117 Å². The van der Waals surface area contributed by atoms with Crippen LogP contribution in [0.5, 0.6) is 0 Å². The number of aliphatic hydroxyl groups excluding tert-OH is 3. The minimum absolute atomic E-state index is 0.144. The molecule has 0 bridgehead atoms. The van der Waals surface area contributed by atoms with Crippen LogP contribution in [-0.4, -0.2) is 75.9 Å². The van der Waals surface area contributed by atoms with Crippen LogP contribution in [0, 0.1) is 0 Å². The first-order valence-electron chi connectivity index (χ1n) is 6.18. The second kappa shape index (κ2) is 7.25. The molecule has 0 saturated carbocycles. The van der Waals surface area contributed by atoms with E-state index in [-0.39, 0.29) is 25.1 Å². The highest BCUT2D eigenvalue weighted by Crippen LogP contribution is 2.20. The second-order valence-corrected chi connectivity index (χ2v) is 5.07. The normalized spacial score (nSPS) is 31.3. The third-order valence-electron chi connectivity index (χ3n) is 2.91. The lowest BCUT2D eigenvalue weighted by Gasteiger charge is -2.42. The average molecular weight is 297 g/mol. The zero-order valence-electron chi connectivity index (χ0n) is 11.0. The molecule has 0 spiro atoms. The zero-order chi connectivity index (χ0) is 14.6. The van der Waals surface area contributed by atoms with Crippen molar-refractivity contribution in [1.82, 2.24) is 10.2 Å². The fraction of sp³-hybridized carbons (Fsp3) is 0.909. The Morgan fingerprint density at radius 1 is 1.42 bits per heavy atom. The second-order valence-electron chi connectivity index (χ2n) is 4.69. The molecule has 1 heterocycles. The summed E-state index contributed by atoms with van der Waals surface area (Å²) in [6.45, 7) is 3.66. The van der Waals surface area contributed by atoms with Gasteiger partial charge in [0.25, 0.3) is 0 Å². The molecule has 0 aromatic carbocycles. The molecule has 0 aromatic rings. The van der Waals surface area contributed by atoms with Crippen molar-refractivity contribution in [2.75, 3.05) is 19.0 Å². The van der Waals surface area contributed by atoms with Crippen LogP contribution in [0.4, 0.5) is 4.79 Å². The molecule has 0 radical (unpaired) electrons. The van der Waals surface area contributed by atoms with Crippen LogP contribution in [0.15, 0.2) is 0 Å². The molecular formula is C11H21ClN2O5. The number of nitrogens with zero attached hydrogens (tertiary/aromatic N) is 1. The number of hydrogen-bond acceptors (Lipinski definition) is 5. The average Bonchev–Trinajstić information content (AvgIpc) is 2.36. The first kappa shape index (κ1) is 16.5. The van der Waals surface area contributed by atoms with E-state index in [0.717, 1.165) is 0 Å². The van der Waals surface area contributed by atoms with Gasteiger partial charge in [0.2, 0.25) is 0 Å². The summed E-state index contributed by atoms with van der Waals surface area (Å²) in [6, 6.07) is -0.694. The van der Waals surface area contributed by atoms with Gasteiger partial charge >= 0.3 is 6.03 Å². The molecule has 1 aliphatic heterocycles. The van der Waals surface area contributed by atoms with Gasteiger partial charge in [0, 0.05) is 18.5 Å². The first-order valence-corrected chi connectivity index (χ1v) is 6.71. The maximum Gasteiger partial charge on any atom is 0.319 e. The summed E-state index contributed by atoms with van der Waals surface area (Å²) >= 11 is 5.50. The van der Waals surface area contributed by atoms with E-state index in [4.69, 9.17) is 16.3 Å².